The van der Waals surface area contributed by atoms with E-state index in [2.05, 4.69) is 84.3 Å². The third-order valence-electron chi connectivity index (χ3n) is 6.35. The molecule has 2 aliphatic rings. The molecule has 0 radical (unpaired) electrons. The van der Waals surface area contributed by atoms with Crippen LogP contribution in [-0.2, 0) is 11.3 Å². The zero-order chi connectivity index (χ0) is 19.3. The lowest BCUT2D eigenvalue weighted by atomic mass is 9.88. The summed E-state index contributed by atoms with van der Waals surface area (Å²) >= 11 is 0. The van der Waals surface area contributed by atoms with Crippen molar-refractivity contribution >= 4 is 5.69 Å². The average Bonchev–Trinajstić information content (AvgIpc) is 2.73. The third-order valence-corrected chi connectivity index (χ3v) is 6.35. The molecule has 2 atom stereocenters. The number of rotatable bonds is 5. The van der Waals surface area contributed by atoms with Crippen molar-refractivity contribution in [2.45, 2.75) is 70.4 Å². The van der Waals surface area contributed by atoms with Crippen molar-refractivity contribution in [1.29, 1.82) is 0 Å². The maximum atomic E-state index is 5.94. The molecule has 4 rings (SSSR count). The molecule has 1 saturated carbocycles. The summed E-state index contributed by atoms with van der Waals surface area (Å²) in [5.41, 5.74) is 2.74. The predicted octanol–water partition coefficient (Wildman–Crippen LogP) is 5.11. The first-order valence-electron chi connectivity index (χ1n) is 10.9. The lowest BCUT2D eigenvalue weighted by Gasteiger charge is -2.45. The van der Waals surface area contributed by atoms with E-state index in [1.165, 1.54) is 36.9 Å². The van der Waals surface area contributed by atoms with Crippen LogP contribution in [0.2, 0.25) is 0 Å². The molecule has 3 nitrogen and oxygen atoms in total. The minimum absolute atomic E-state index is 0.361. The van der Waals surface area contributed by atoms with Gasteiger partial charge in [-0.15, -0.1) is 0 Å². The highest BCUT2D eigenvalue weighted by Crippen LogP contribution is 2.32. The van der Waals surface area contributed by atoms with Crippen LogP contribution in [0.4, 0.5) is 5.69 Å². The van der Waals surface area contributed by atoms with Crippen molar-refractivity contribution < 1.29 is 4.74 Å². The fourth-order valence-corrected chi connectivity index (χ4v) is 5.08. The zero-order valence-corrected chi connectivity index (χ0v) is 17.3. The van der Waals surface area contributed by atoms with Crippen molar-refractivity contribution in [2.24, 2.45) is 0 Å². The smallest absolute Gasteiger partial charge is 0.0678 e. The van der Waals surface area contributed by atoms with Gasteiger partial charge in [0.1, 0.15) is 0 Å². The van der Waals surface area contributed by atoms with E-state index >= 15 is 0 Å². The molecule has 2 aromatic rings. The minimum atomic E-state index is 0.361. The summed E-state index contributed by atoms with van der Waals surface area (Å²) in [6.45, 7) is 7.60. The van der Waals surface area contributed by atoms with Crippen LogP contribution in [0.1, 0.15) is 45.1 Å². The molecular formula is C25H34N2O. The van der Waals surface area contributed by atoms with Gasteiger partial charge in [-0.05, 0) is 57.2 Å². The number of morpholine rings is 1. The highest BCUT2D eigenvalue weighted by molar-refractivity contribution is 5.48. The van der Waals surface area contributed by atoms with E-state index in [1.807, 2.05) is 0 Å². The van der Waals surface area contributed by atoms with E-state index < -0.39 is 0 Å². The topological polar surface area (TPSA) is 15.7 Å². The van der Waals surface area contributed by atoms with Gasteiger partial charge in [0.05, 0.1) is 12.2 Å². The fraction of sp³-hybridized carbons (Fsp3) is 0.520. The van der Waals surface area contributed by atoms with Crippen molar-refractivity contribution in [1.82, 2.24) is 4.90 Å². The molecule has 0 N–H and O–H groups in total. The van der Waals surface area contributed by atoms with Crippen molar-refractivity contribution in [3.8, 4) is 0 Å². The van der Waals surface area contributed by atoms with Crippen LogP contribution in [0.15, 0.2) is 60.7 Å². The molecule has 28 heavy (non-hydrogen) atoms. The molecule has 1 aliphatic carbocycles. The molecule has 0 amide bonds. The highest BCUT2D eigenvalue weighted by Gasteiger charge is 2.32. The van der Waals surface area contributed by atoms with Crippen LogP contribution in [0, 0.1) is 0 Å². The Bertz CT molecular complexity index is 702. The minimum Gasteiger partial charge on any atom is -0.373 e. The van der Waals surface area contributed by atoms with Gasteiger partial charge in [-0.25, -0.2) is 0 Å². The molecule has 0 spiro atoms. The predicted molar refractivity (Wildman–Crippen MR) is 117 cm³/mol. The van der Waals surface area contributed by atoms with Gasteiger partial charge >= 0.3 is 0 Å². The second kappa shape index (κ2) is 9.11. The van der Waals surface area contributed by atoms with Gasteiger partial charge in [0.15, 0.2) is 0 Å². The van der Waals surface area contributed by atoms with Crippen LogP contribution in [-0.4, -0.2) is 42.3 Å². The quantitative estimate of drug-likeness (QED) is 0.719. The summed E-state index contributed by atoms with van der Waals surface area (Å²) in [4.78, 5) is 5.33. The Morgan fingerprint density at radius 3 is 2.00 bits per heavy atom. The van der Waals surface area contributed by atoms with Gasteiger partial charge in [0.2, 0.25) is 0 Å². The van der Waals surface area contributed by atoms with Crippen LogP contribution >= 0.6 is 0 Å². The van der Waals surface area contributed by atoms with E-state index in [1.54, 1.807) is 0 Å². The molecule has 1 saturated heterocycles. The lowest BCUT2D eigenvalue weighted by Crippen LogP contribution is -2.52. The first-order valence-corrected chi connectivity index (χ1v) is 10.9. The number of para-hydroxylation sites is 1. The Morgan fingerprint density at radius 2 is 1.39 bits per heavy atom. The van der Waals surface area contributed by atoms with Gasteiger partial charge in [0, 0.05) is 37.4 Å². The number of anilines is 1. The second-order valence-electron chi connectivity index (χ2n) is 8.62. The van der Waals surface area contributed by atoms with Crippen molar-refractivity contribution in [2.75, 3.05) is 18.0 Å². The van der Waals surface area contributed by atoms with Crippen LogP contribution < -0.4 is 4.90 Å². The van der Waals surface area contributed by atoms with Crippen molar-refractivity contribution in [3.05, 3.63) is 66.2 Å². The van der Waals surface area contributed by atoms with Crippen LogP contribution in [0.25, 0.3) is 0 Å². The van der Waals surface area contributed by atoms with Gasteiger partial charge in [-0.1, -0.05) is 48.5 Å². The van der Waals surface area contributed by atoms with E-state index in [-0.39, 0.29) is 0 Å². The zero-order valence-electron chi connectivity index (χ0n) is 17.3. The van der Waals surface area contributed by atoms with Crippen LogP contribution in [0.5, 0.6) is 0 Å². The Hall–Kier alpha value is -1.84. The summed E-state index contributed by atoms with van der Waals surface area (Å²) in [6, 6.07) is 23.2. The van der Waals surface area contributed by atoms with E-state index in [0.717, 1.165) is 25.7 Å². The van der Waals surface area contributed by atoms with Crippen LogP contribution in [0.3, 0.4) is 0 Å². The highest BCUT2D eigenvalue weighted by atomic mass is 16.5. The normalized spacial score (nSPS) is 28.8. The molecule has 1 heterocycles. The standard InChI is InChI=1S/C25H34N2O/c1-20-17-26(18-21(2)28-20)23-13-15-25(16-14-23)27(24-11-7-4-8-12-24)19-22-9-5-3-6-10-22/h3-12,20-21,23,25H,13-19H2,1-2H3. The number of ether oxygens (including phenoxy) is 1. The maximum absolute atomic E-state index is 5.94. The van der Waals surface area contributed by atoms with Gasteiger partial charge in [0.25, 0.3) is 0 Å². The molecule has 150 valence electrons. The molecule has 0 aromatic heterocycles. The van der Waals surface area contributed by atoms with Gasteiger partial charge in [-0.2, -0.15) is 0 Å². The Kier molecular flexibility index (Phi) is 6.33. The monoisotopic (exact) mass is 378 g/mol. The molecule has 2 fully saturated rings. The number of hydrogen-bond acceptors (Lipinski definition) is 3. The summed E-state index contributed by atoms with van der Waals surface area (Å²) in [5.74, 6) is 0. The van der Waals surface area contributed by atoms with E-state index in [9.17, 15) is 0 Å². The summed E-state index contributed by atoms with van der Waals surface area (Å²) in [5, 5.41) is 0. The number of hydrogen-bond donors (Lipinski definition) is 0. The molecule has 1 aliphatic heterocycles. The molecule has 3 heteroatoms. The summed E-state index contributed by atoms with van der Waals surface area (Å²) < 4.78 is 5.94. The number of nitrogens with zero attached hydrogens (tertiary/aromatic N) is 2. The van der Waals surface area contributed by atoms with Gasteiger partial charge < -0.3 is 9.64 Å². The fourth-order valence-electron chi connectivity index (χ4n) is 5.08. The number of benzene rings is 2. The SMILES string of the molecule is CC1CN(C2CCC(N(Cc3ccccc3)c3ccccc3)CC2)CC(C)O1. The largest absolute Gasteiger partial charge is 0.373 e. The Balaban J connectivity index is 1.43. The maximum Gasteiger partial charge on any atom is 0.0678 e. The Morgan fingerprint density at radius 1 is 0.821 bits per heavy atom. The van der Waals surface area contributed by atoms with E-state index in [4.69, 9.17) is 4.74 Å². The van der Waals surface area contributed by atoms with Gasteiger partial charge in [-0.3, -0.25) is 4.90 Å². The third kappa shape index (κ3) is 4.76. The lowest BCUT2D eigenvalue weighted by molar-refractivity contribution is -0.0844. The summed E-state index contributed by atoms with van der Waals surface area (Å²) in [6.07, 6.45) is 5.85. The molecule has 2 aromatic carbocycles. The summed E-state index contributed by atoms with van der Waals surface area (Å²) in [7, 11) is 0. The van der Waals surface area contributed by atoms with Crippen molar-refractivity contribution in [3.63, 3.8) is 0 Å². The Labute approximate surface area is 170 Å². The second-order valence-corrected chi connectivity index (χ2v) is 8.62. The first kappa shape index (κ1) is 19.5. The molecule has 0 bridgehead atoms. The first-order chi connectivity index (χ1) is 13.7. The van der Waals surface area contributed by atoms with E-state index in [0.29, 0.717) is 18.2 Å². The molecular weight excluding hydrogens is 344 g/mol. The average molecular weight is 379 g/mol. The molecule has 2 unspecified atom stereocenters.